The molecule has 0 aliphatic carbocycles. The van der Waals surface area contributed by atoms with Gasteiger partial charge >= 0.3 is 0 Å². The molecule has 0 atom stereocenters. The van der Waals surface area contributed by atoms with E-state index in [0.717, 1.165) is 16.7 Å². The Morgan fingerprint density at radius 2 is 0.586 bits per heavy atom. The maximum atomic E-state index is 6.10. The lowest BCUT2D eigenvalue weighted by atomic mass is 9.70. The Balaban J connectivity index is 2.42. The summed E-state index contributed by atoms with van der Waals surface area (Å²) < 4.78 is 0. The lowest BCUT2D eigenvalue weighted by Gasteiger charge is -2.34. The van der Waals surface area contributed by atoms with Crippen molar-refractivity contribution < 1.29 is 0 Å². The minimum absolute atomic E-state index is 0.309. The van der Waals surface area contributed by atoms with Crippen molar-refractivity contribution >= 4 is 51.2 Å². The fraction of sp³-hybridized carbons (Fsp3) is 0.100. The average molecular weight is 393 g/mol. The smallest absolute Gasteiger partial charge is 0.0781 e. The molecule has 0 radical (unpaired) electrons. The molecule has 0 heterocycles. The van der Waals surface area contributed by atoms with Crippen LogP contribution in [0.1, 0.15) is 23.6 Å². The first-order valence-corrected chi connectivity index (χ1v) is 8.81. The van der Waals surface area contributed by atoms with Crippen LogP contribution in [0.15, 0.2) is 36.4 Å². The number of anilines is 9. The van der Waals surface area contributed by atoms with Crippen molar-refractivity contribution in [1.29, 1.82) is 0 Å². The molecule has 0 spiro atoms. The molecule has 3 aromatic carbocycles. The van der Waals surface area contributed by atoms with Crippen LogP contribution < -0.4 is 51.6 Å². The van der Waals surface area contributed by atoms with E-state index < -0.39 is 5.41 Å². The molecular formula is C20H27N9. The van der Waals surface area contributed by atoms with Gasteiger partial charge in [-0.05, 0) is 60.0 Å². The van der Waals surface area contributed by atoms with E-state index in [-0.39, 0.29) is 0 Å². The molecule has 18 N–H and O–H groups in total. The molecule has 0 aliphatic heterocycles. The van der Waals surface area contributed by atoms with Crippen molar-refractivity contribution in [3.05, 3.63) is 53.1 Å². The van der Waals surface area contributed by atoms with Gasteiger partial charge in [0.2, 0.25) is 0 Å². The van der Waals surface area contributed by atoms with Gasteiger partial charge in [-0.3, -0.25) is 0 Å². The SMILES string of the molecule is CC(c1cc(N)c(N)c(N)c1)(c1cc(N)c(N)c(N)c1)c1cc(N)c(N)c(N)c1. The zero-order chi connectivity index (χ0) is 21.7. The van der Waals surface area contributed by atoms with Crippen LogP contribution in [0.4, 0.5) is 51.2 Å². The van der Waals surface area contributed by atoms with E-state index in [4.69, 9.17) is 51.6 Å². The summed E-state index contributed by atoms with van der Waals surface area (Å²) in [5, 5.41) is 0. The standard InChI is InChI=1S/C20H27N9/c1-20(8-2-11(21)17(27)12(22)3-8,9-4-13(23)18(28)14(24)5-9)10-6-15(25)19(29)16(26)7-10/h2-7H,21-29H2,1H3. The van der Waals surface area contributed by atoms with Gasteiger partial charge < -0.3 is 51.6 Å². The highest BCUT2D eigenvalue weighted by Gasteiger charge is 2.34. The largest absolute Gasteiger partial charge is 0.397 e. The normalized spacial score (nSPS) is 11.5. The van der Waals surface area contributed by atoms with Gasteiger partial charge in [-0.15, -0.1) is 0 Å². The van der Waals surface area contributed by atoms with Crippen LogP contribution in [0.25, 0.3) is 0 Å². The third-order valence-electron chi connectivity index (χ3n) is 5.46. The zero-order valence-corrected chi connectivity index (χ0v) is 16.2. The summed E-state index contributed by atoms with van der Waals surface area (Å²) in [6, 6.07) is 10.5. The summed E-state index contributed by atoms with van der Waals surface area (Å²) in [5.41, 5.74) is 58.8. The van der Waals surface area contributed by atoms with Gasteiger partial charge in [-0.2, -0.15) is 0 Å². The molecule has 0 fully saturated rings. The summed E-state index contributed by atoms with van der Waals surface area (Å²) in [7, 11) is 0. The highest BCUT2D eigenvalue weighted by atomic mass is 14.8. The summed E-state index contributed by atoms with van der Waals surface area (Å²) in [4.78, 5) is 0. The van der Waals surface area contributed by atoms with E-state index in [9.17, 15) is 0 Å². The second-order valence-corrected chi connectivity index (χ2v) is 7.33. The first-order valence-electron chi connectivity index (χ1n) is 8.81. The molecule has 3 aromatic rings. The van der Waals surface area contributed by atoms with Gasteiger partial charge in [0.05, 0.1) is 51.2 Å². The number of nitrogen functional groups attached to an aromatic ring is 9. The highest BCUT2D eigenvalue weighted by molar-refractivity contribution is 5.83. The van der Waals surface area contributed by atoms with Crippen LogP contribution in [-0.2, 0) is 5.41 Å². The first-order chi connectivity index (χ1) is 13.5. The van der Waals surface area contributed by atoms with E-state index in [0.29, 0.717) is 51.2 Å². The maximum Gasteiger partial charge on any atom is 0.0781 e. The van der Waals surface area contributed by atoms with Gasteiger partial charge in [0.1, 0.15) is 0 Å². The molecule has 0 saturated heterocycles. The van der Waals surface area contributed by atoms with Gasteiger partial charge in [-0.1, -0.05) is 0 Å². The molecule has 0 saturated carbocycles. The molecule has 0 unspecified atom stereocenters. The Morgan fingerprint density at radius 1 is 0.414 bits per heavy atom. The minimum Gasteiger partial charge on any atom is -0.397 e. The lowest BCUT2D eigenvalue weighted by molar-refractivity contribution is 0.695. The number of hydrogen-bond donors (Lipinski definition) is 9. The predicted octanol–water partition coefficient (Wildman–Crippen LogP) is 1.28. The van der Waals surface area contributed by atoms with E-state index >= 15 is 0 Å². The van der Waals surface area contributed by atoms with Crippen molar-refractivity contribution in [3.8, 4) is 0 Å². The first kappa shape index (κ1) is 19.6. The zero-order valence-electron chi connectivity index (χ0n) is 16.2. The average Bonchev–Trinajstić information content (AvgIpc) is 2.66. The van der Waals surface area contributed by atoms with E-state index in [1.54, 1.807) is 36.4 Å². The highest BCUT2D eigenvalue weighted by Crippen LogP contribution is 2.45. The van der Waals surface area contributed by atoms with Crippen molar-refractivity contribution in [2.75, 3.05) is 51.6 Å². The van der Waals surface area contributed by atoms with Gasteiger partial charge in [0.25, 0.3) is 0 Å². The van der Waals surface area contributed by atoms with Crippen LogP contribution in [-0.4, -0.2) is 0 Å². The Kier molecular flexibility index (Phi) is 4.38. The lowest BCUT2D eigenvalue weighted by Crippen LogP contribution is -2.27. The number of rotatable bonds is 3. The minimum atomic E-state index is -0.845. The molecule has 0 bridgehead atoms. The van der Waals surface area contributed by atoms with Crippen molar-refractivity contribution in [2.24, 2.45) is 0 Å². The third kappa shape index (κ3) is 2.98. The quantitative estimate of drug-likeness (QED) is 0.230. The molecule has 0 aliphatic rings. The fourth-order valence-corrected chi connectivity index (χ4v) is 3.46. The molecule has 29 heavy (non-hydrogen) atoms. The van der Waals surface area contributed by atoms with Gasteiger partial charge in [0.15, 0.2) is 0 Å². The fourth-order valence-electron chi connectivity index (χ4n) is 3.46. The second kappa shape index (κ2) is 6.48. The number of hydrogen-bond acceptors (Lipinski definition) is 9. The van der Waals surface area contributed by atoms with Crippen LogP contribution in [0, 0.1) is 0 Å². The Labute approximate surface area is 168 Å². The van der Waals surface area contributed by atoms with Crippen LogP contribution in [0.3, 0.4) is 0 Å². The van der Waals surface area contributed by atoms with Crippen molar-refractivity contribution in [2.45, 2.75) is 12.3 Å². The third-order valence-corrected chi connectivity index (χ3v) is 5.46. The molecular weight excluding hydrogens is 366 g/mol. The summed E-state index contributed by atoms with van der Waals surface area (Å²) in [5.74, 6) is 0. The molecule has 3 rings (SSSR count). The van der Waals surface area contributed by atoms with Gasteiger partial charge in [0, 0.05) is 5.41 Å². The summed E-state index contributed by atoms with van der Waals surface area (Å²) in [6.07, 6.45) is 0. The Bertz CT molecular complexity index is 912. The number of benzene rings is 3. The molecule has 0 amide bonds. The summed E-state index contributed by atoms with van der Waals surface area (Å²) in [6.45, 7) is 1.95. The van der Waals surface area contributed by atoms with Crippen LogP contribution in [0.5, 0.6) is 0 Å². The van der Waals surface area contributed by atoms with Crippen molar-refractivity contribution in [1.82, 2.24) is 0 Å². The van der Waals surface area contributed by atoms with Gasteiger partial charge in [-0.25, -0.2) is 0 Å². The monoisotopic (exact) mass is 393 g/mol. The summed E-state index contributed by atoms with van der Waals surface area (Å²) >= 11 is 0. The van der Waals surface area contributed by atoms with Crippen LogP contribution in [0.2, 0.25) is 0 Å². The number of nitrogens with two attached hydrogens (primary N) is 9. The topological polar surface area (TPSA) is 234 Å². The maximum absolute atomic E-state index is 6.10. The second-order valence-electron chi connectivity index (χ2n) is 7.33. The Morgan fingerprint density at radius 3 is 0.759 bits per heavy atom. The molecule has 9 heteroatoms. The van der Waals surface area contributed by atoms with Crippen molar-refractivity contribution in [3.63, 3.8) is 0 Å². The van der Waals surface area contributed by atoms with E-state index in [2.05, 4.69) is 0 Å². The van der Waals surface area contributed by atoms with E-state index in [1.165, 1.54) is 0 Å². The predicted molar refractivity (Wildman–Crippen MR) is 125 cm³/mol. The van der Waals surface area contributed by atoms with Crippen LogP contribution >= 0.6 is 0 Å². The molecule has 0 aromatic heterocycles. The Hall–Kier alpha value is -4.14. The molecule has 9 nitrogen and oxygen atoms in total. The van der Waals surface area contributed by atoms with E-state index in [1.807, 2.05) is 6.92 Å². The molecule has 152 valence electrons.